The third-order valence-electron chi connectivity index (χ3n) is 4.00. The Kier molecular flexibility index (Phi) is 4.80. The summed E-state index contributed by atoms with van der Waals surface area (Å²) >= 11 is 0. The molecular formula is C15H22N4O2. The minimum absolute atomic E-state index is 0.125. The molecule has 0 bridgehead atoms. The number of morpholine rings is 1. The molecule has 0 spiro atoms. The molecule has 2 aliphatic rings. The zero-order valence-electron chi connectivity index (χ0n) is 12.2. The Morgan fingerprint density at radius 3 is 2.86 bits per heavy atom. The molecule has 1 amide bonds. The molecule has 2 saturated heterocycles. The van der Waals surface area contributed by atoms with Gasteiger partial charge in [-0.25, -0.2) is 0 Å². The lowest BCUT2D eigenvalue weighted by Crippen LogP contribution is -2.54. The van der Waals surface area contributed by atoms with E-state index in [4.69, 9.17) is 4.74 Å². The average Bonchev–Trinajstić information content (AvgIpc) is 2.57. The summed E-state index contributed by atoms with van der Waals surface area (Å²) in [5, 5.41) is 3.21. The van der Waals surface area contributed by atoms with Crippen molar-refractivity contribution >= 4 is 5.91 Å². The van der Waals surface area contributed by atoms with E-state index in [1.807, 2.05) is 29.3 Å². The molecule has 3 rings (SSSR count). The summed E-state index contributed by atoms with van der Waals surface area (Å²) in [6, 6.07) is 5.98. The molecule has 3 heterocycles. The SMILES string of the molecule is O=C(C1CNCCO1)N1CCN(Cc2ccccn2)CC1. The van der Waals surface area contributed by atoms with Crippen molar-refractivity contribution in [3.8, 4) is 0 Å². The molecule has 114 valence electrons. The van der Waals surface area contributed by atoms with Gasteiger partial charge in [-0.3, -0.25) is 14.7 Å². The van der Waals surface area contributed by atoms with Crippen LogP contribution in [0, 0.1) is 0 Å². The number of rotatable bonds is 3. The van der Waals surface area contributed by atoms with Crippen LogP contribution in [-0.2, 0) is 16.1 Å². The number of aromatic nitrogens is 1. The second-order valence-electron chi connectivity index (χ2n) is 5.49. The summed E-state index contributed by atoms with van der Waals surface area (Å²) in [7, 11) is 0. The van der Waals surface area contributed by atoms with E-state index in [1.54, 1.807) is 0 Å². The third kappa shape index (κ3) is 3.78. The standard InChI is InChI=1S/C15H22N4O2/c20-15(14-11-16-5-10-21-14)19-8-6-18(7-9-19)12-13-3-1-2-4-17-13/h1-4,14,16H,5-12H2. The summed E-state index contributed by atoms with van der Waals surface area (Å²) < 4.78 is 5.54. The first-order valence-corrected chi connectivity index (χ1v) is 7.56. The summed E-state index contributed by atoms with van der Waals surface area (Å²) in [5.74, 6) is 0.125. The molecule has 2 aliphatic heterocycles. The van der Waals surface area contributed by atoms with Gasteiger partial charge < -0.3 is 15.0 Å². The fourth-order valence-corrected chi connectivity index (χ4v) is 2.77. The van der Waals surface area contributed by atoms with Crippen molar-refractivity contribution in [3.63, 3.8) is 0 Å². The lowest BCUT2D eigenvalue weighted by atomic mass is 10.2. The van der Waals surface area contributed by atoms with Gasteiger partial charge in [-0.05, 0) is 12.1 Å². The van der Waals surface area contributed by atoms with Crippen LogP contribution in [0.4, 0.5) is 0 Å². The first-order valence-electron chi connectivity index (χ1n) is 7.56. The second kappa shape index (κ2) is 6.98. The number of pyridine rings is 1. The Morgan fingerprint density at radius 2 is 2.19 bits per heavy atom. The normalized spacial score (nSPS) is 24.0. The Hall–Kier alpha value is -1.50. The predicted molar refractivity (Wildman–Crippen MR) is 78.7 cm³/mol. The number of amides is 1. The maximum Gasteiger partial charge on any atom is 0.253 e. The maximum absolute atomic E-state index is 12.3. The Balaban J connectivity index is 1.47. The van der Waals surface area contributed by atoms with E-state index < -0.39 is 0 Å². The highest BCUT2D eigenvalue weighted by atomic mass is 16.5. The molecule has 1 aromatic heterocycles. The third-order valence-corrected chi connectivity index (χ3v) is 4.00. The zero-order chi connectivity index (χ0) is 14.5. The number of nitrogens with zero attached hydrogens (tertiary/aromatic N) is 3. The molecular weight excluding hydrogens is 268 g/mol. The van der Waals surface area contributed by atoms with E-state index in [1.165, 1.54) is 0 Å². The van der Waals surface area contributed by atoms with E-state index in [0.29, 0.717) is 13.2 Å². The number of ether oxygens (including phenoxy) is 1. The number of piperazine rings is 1. The van der Waals surface area contributed by atoms with E-state index in [0.717, 1.165) is 45.0 Å². The van der Waals surface area contributed by atoms with Gasteiger partial charge >= 0.3 is 0 Å². The molecule has 1 atom stereocenters. The molecule has 6 heteroatoms. The van der Waals surface area contributed by atoms with Gasteiger partial charge in [0.05, 0.1) is 12.3 Å². The van der Waals surface area contributed by atoms with Gasteiger partial charge in [0.15, 0.2) is 0 Å². The minimum Gasteiger partial charge on any atom is -0.366 e. The van der Waals surface area contributed by atoms with Crippen molar-refractivity contribution in [1.82, 2.24) is 20.1 Å². The van der Waals surface area contributed by atoms with E-state index in [-0.39, 0.29) is 12.0 Å². The predicted octanol–water partition coefficient (Wildman–Crippen LogP) is -0.286. The van der Waals surface area contributed by atoms with Crippen molar-refractivity contribution in [2.45, 2.75) is 12.6 Å². The number of carbonyl (C=O) groups excluding carboxylic acids is 1. The number of nitrogens with one attached hydrogen (secondary N) is 1. The molecule has 1 N–H and O–H groups in total. The van der Waals surface area contributed by atoms with Crippen molar-refractivity contribution in [2.75, 3.05) is 45.9 Å². The number of hydrogen-bond acceptors (Lipinski definition) is 5. The van der Waals surface area contributed by atoms with E-state index in [2.05, 4.69) is 15.2 Å². The molecule has 6 nitrogen and oxygen atoms in total. The van der Waals surface area contributed by atoms with Gasteiger partial charge in [-0.2, -0.15) is 0 Å². The van der Waals surface area contributed by atoms with Gasteiger partial charge in [0.25, 0.3) is 5.91 Å². The van der Waals surface area contributed by atoms with Gasteiger partial charge in [-0.1, -0.05) is 6.07 Å². The zero-order valence-corrected chi connectivity index (χ0v) is 12.2. The Bertz CT molecular complexity index is 454. The smallest absolute Gasteiger partial charge is 0.253 e. The van der Waals surface area contributed by atoms with Crippen LogP contribution < -0.4 is 5.32 Å². The lowest BCUT2D eigenvalue weighted by Gasteiger charge is -2.36. The van der Waals surface area contributed by atoms with Gasteiger partial charge in [0.1, 0.15) is 6.10 Å². The van der Waals surface area contributed by atoms with Crippen molar-refractivity contribution in [1.29, 1.82) is 0 Å². The molecule has 1 aromatic rings. The minimum atomic E-state index is -0.305. The van der Waals surface area contributed by atoms with Crippen molar-refractivity contribution < 1.29 is 9.53 Å². The first-order chi connectivity index (χ1) is 10.3. The Labute approximate surface area is 125 Å². The molecule has 2 fully saturated rings. The van der Waals surface area contributed by atoms with Crippen LogP contribution in [0.3, 0.4) is 0 Å². The van der Waals surface area contributed by atoms with Crippen molar-refractivity contribution in [2.24, 2.45) is 0 Å². The van der Waals surface area contributed by atoms with Crippen LogP contribution >= 0.6 is 0 Å². The van der Waals surface area contributed by atoms with Gasteiger partial charge in [0.2, 0.25) is 0 Å². The molecule has 0 saturated carbocycles. The second-order valence-corrected chi connectivity index (χ2v) is 5.49. The van der Waals surface area contributed by atoms with Crippen LogP contribution in [0.15, 0.2) is 24.4 Å². The largest absolute Gasteiger partial charge is 0.366 e. The monoisotopic (exact) mass is 290 g/mol. The molecule has 1 unspecified atom stereocenters. The van der Waals surface area contributed by atoms with Crippen LogP contribution in [0.2, 0.25) is 0 Å². The lowest BCUT2D eigenvalue weighted by molar-refractivity contribution is -0.147. The van der Waals surface area contributed by atoms with E-state index >= 15 is 0 Å². The highest BCUT2D eigenvalue weighted by Crippen LogP contribution is 2.09. The molecule has 0 radical (unpaired) electrons. The van der Waals surface area contributed by atoms with Crippen LogP contribution in [-0.4, -0.2) is 72.7 Å². The summed E-state index contributed by atoms with van der Waals surface area (Å²) in [4.78, 5) is 21.0. The van der Waals surface area contributed by atoms with Crippen molar-refractivity contribution in [3.05, 3.63) is 30.1 Å². The maximum atomic E-state index is 12.3. The quantitative estimate of drug-likeness (QED) is 0.829. The van der Waals surface area contributed by atoms with Crippen LogP contribution in [0.5, 0.6) is 0 Å². The summed E-state index contributed by atoms with van der Waals surface area (Å²) in [6.07, 6.45) is 1.52. The molecule has 0 aliphatic carbocycles. The highest BCUT2D eigenvalue weighted by Gasteiger charge is 2.29. The average molecular weight is 290 g/mol. The van der Waals surface area contributed by atoms with Gasteiger partial charge in [-0.15, -0.1) is 0 Å². The number of carbonyl (C=O) groups is 1. The summed E-state index contributed by atoms with van der Waals surface area (Å²) in [5.41, 5.74) is 1.08. The highest BCUT2D eigenvalue weighted by molar-refractivity contribution is 5.81. The van der Waals surface area contributed by atoms with Crippen LogP contribution in [0.1, 0.15) is 5.69 Å². The fourth-order valence-electron chi connectivity index (χ4n) is 2.77. The first kappa shape index (κ1) is 14.4. The fraction of sp³-hybridized carbons (Fsp3) is 0.600. The van der Waals surface area contributed by atoms with Crippen LogP contribution in [0.25, 0.3) is 0 Å². The topological polar surface area (TPSA) is 57.7 Å². The molecule has 0 aromatic carbocycles. The van der Waals surface area contributed by atoms with Gasteiger partial charge in [0, 0.05) is 52.0 Å². The summed E-state index contributed by atoms with van der Waals surface area (Å²) in [6.45, 7) is 6.26. The molecule has 21 heavy (non-hydrogen) atoms. The number of hydrogen-bond donors (Lipinski definition) is 1. The Morgan fingerprint density at radius 1 is 1.33 bits per heavy atom. The van der Waals surface area contributed by atoms with E-state index in [9.17, 15) is 4.79 Å².